The third kappa shape index (κ3) is 5.52. The van der Waals surface area contributed by atoms with Crippen molar-refractivity contribution in [2.45, 2.75) is 19.6 Å². The number of aryl methyl sites for hydroxylation is 1. The summed E-state index contributed by atoms with van der Waals surface area (Å²) in [5.74, 6) is -0.420. The first-order valence-electron chi connectivity index (χ1n) is 8.09. The molecule has 0 saturated heterocycles. The molecule has 0 heterocycles. The van der Waals surface area contributed by atoms with Crippen LogP contribution in [0, 0.1) is 17.0 Å². The van der Waals surface area contributed by atoms with Crippen LogP contribution < -0.4 is 10.2 Å². The first-order valence-corrected chi connectivity index (χ1v) is 8.09. The molecule has 0 fully saturated rings. The van der Waals surface area contributed by atoms with Gasteiger partial charge in [0, 0.05) is 11.6 Å². The topological polar surface area (TPSA) is 76.7 Å². The second-order valence-electron chi connectivity index (χ2n) is 6.28. The molecule has 1 unspecified atom stereocenters. The van der Waals surface area contributed by atoms with Gasteiger partial charge in [-0.3, -0.25) is 14.9 Å². The second kappa shape index (κ2) is 8.17. The van der Waals surface area contributed by atoms with Gasteiger partial charge < -0.3 is 10.2 Å². The summed E-state index contributed by atoms with van der Waals surface area (Å²) in [6.45, 7) is 2.00. The van der Waals surface area contributed by atoms with Crippen molar-refractivity contribution in [1.82, 2.24) is 0 Å². The first-order chi connectivity index (χ1) is 12.6. The van der Waals surface area contributed by atoms with Gasteiger partial charge in [0.15, 0.2) is 6.54 Å². The number of hydrogen-bond acceptors (Lipinski definition) is 3. The van der Waals surface area contributed by atoms with E-state index >= 15 is 0 Å². The van der Waals surface area contributed by atoms with Gasteiger partial charge in [0.1, 0.15) is 12.2 Å². The molecule has 27 heavy (non-hydrogen) atoms. The lowest BCUT2D eigenvalue weighted by molar-refractivity contribution is -0.885. The number of nitrogens with one attached hydrogen (secondary N) is 2. The molecule has 0 bridgehead atoms. The van der Waals surface area contributed by atoms with Gasteiger partial charge in [-0.15, -0.1) is 0 Å². The van der Waals surface area contributed by atoms with Crippen LogP contribution in [0.4, 0.5) is 24.5 Å². The Kier molecular flexibility index (Phi) is 6.17. The predicted octanol–water partition coefficient (Wildman–Crippen LogP) is 2.58. The average Bonchev–Trinajstić information content (AvgIpc) is 2.56. The van der Waals surface area contributed by atoms with Crippen molar-refractivity contribution in [2.24, 2.45) is 0 Å². The fourth-order valence-corrected chi connectivity index (χ4v) is 2.65. The summed E-state index contributed by atoms with van der Waals surface area (Å²) in [6.07, 6.45) is -4.39. The number of halogens is 3. The van der Waals surface area contributed by atoms with Gasteiger partial charge in [-0.05, 0) is 24.6 Å². The minimum Gasteiger partial charge on any atom is -0.326 e. The Morgan fingerprint density at radius 1 is 1.19 bits per heavy atom. The van der Waals surface area contributed by atoms with Crippen molar-refractivity contribution in [2.75, 3.05) is 18.9 Å². The standard InChI is InChI=1S/C18H18F3N3O3/c1-12-4-3-5-15(24(26)27)17(12)22-16(25)11-23(2)10-13-6-8-14(9-7-13)18(19,20)21/h3-9H,10-11H2,1-2H3,(H,22,25)/p+1. The number of carbonyl (C=O) groups excluding carboxylic acids is 1. The molecular weight excluding hydrogens is 363 g/mol. The van der Waals surface area contributed by atoms with Crippen molar-refractivity contribution < 1.29 is 27.8 Å². The molecule has 0 aliphatic heterocycles. The van der Waals surface area contributed by atoms with E-state index in [1.54, 1.807) is 20.0 Å². The van der Waals surface area contributed by atoms with Crippen LogP contribution in [-0.4, -0.2) is 24.4 Å². The van der Waals surface area contributed by atoms with Crippen molar-refractivity contribution in [3.8, 4) is 0 Å². The summed E-state index contributed by atoms with van der Waals surface area (Å²) in [4.78, 5) is 23.5. The number of anilines is 1. The smallest absolute Gasteiger partial charge is 0.326 e. The zero-order valence-electron chi connectivity index (χ0n) is 14.8. The van der Waals surface area contributed by atoms with Gasteiger partial charge in [0.05, 0.1) is 17.5 Å². The van der Waals surface area contributed by atoms with Crippen LogP contribution in [-0.2, 0) is 17.5 Å². The number of benzene rings is 2. The molecule has 144 valence electrons. The van der Waals surface area contributed by atoms with Crippen LogP contribution in [0.5, 0.6) is 0 Å². The van der Waals surface area contributed by atoms with E-state index in [1.165, 1.54) is 24.3 Å². The van der Waals surface area contributed by atoms with E-state index < -0.39 is 22.6 Å². The van der Waals surface area contributed by atoms with E-state index in [1.807, 2.05) is 0 Å². The summed E-state index contributed by atoms with van der Waals surface area (Å²) in [7, 11) is 1.71. The molecule has 0 saturated carbocycles. The van der Waals surface area contributed by atoms with Crippen LogP contribution in [0.3, 0.4) is 0 Å². The average molecular weight is 382 g/mol. The normalized spacial score (nSPS) is 12.5. The van der Waals surface area contributed by atoms with E-state index in [9.17, 15) is 28.1 Å². The van der Waals surface area contributed by atoms with Crippen LogP contribution >= 0.6 is 0 Å². The predicted molar refractivity (Wildman–Crippen MR) is 93.4 cm³/mol. The highest BCUT2D eigenvalue weighted by Crippen LogP contribution is 2.29. The number of likely N-dealkylation sites (N-methyl/N-ethyl adjacent to an activating group) is 1. The number of nitro benzene ring substituents is 1. The van der Waals surface area contributed by atoms with Crippen molar-refractivity contribution >= 4 is 17.3 Å². The lowest BCUT2D eigenvalue weighted by Gasteiger charge is -2.15. The molecule has 6 nitrogen and oxygen atoms in total. The molecule has 0 spiro atoms. The van der Waals surface area contributed by atoms with Gasteiger partial charge in [-0.2, -0.15) is 13.2 Å². The monoisotopic (exact) mass is 382 g/mol. The molecule has 2 N–H and O–H groups in total. The third-order valence-electron chi connectivity index (χ3n) is 3.96. The lowest BCUT2D eigenvalue weighted by Crippen LogP contribution is -3.08. The van der Waals surface area contributed by atoms with Gasteiger partial charge in [0.25, 0.3) is 11.6 Å². The van der Waals surface area contributed by atoms with Gasteiger partial charge in [-0.1, -0.05) is 24.3 Å². The first kappa shape index (κ1) is 20.4. The summed E-state index contributed by atoms with van der Waals surface area (Å²) in [6, 6.07) is 9.24. The zero-order valence-corrected chi connectivity index (χ0v) is 14.8. The second-order valence-corrected chi connectivity index (χ2v) is 6.28. The van der Waals surface area contributed by atoms with Crippen LogP contribution in [0.15, 0.2) is 42.5 Å². The number of nitro groups is 1. The number of quaternary nitrogens is 1. The molecule has 2 aromatic carbocycles. The summed E-state index contributed by atoms with van der Waals surface area (Å²) >= 11 is 0. The Balaban J connectivity index is 1.99. The van der Waals surface area contributed by atoms with Crippen LogP contribution in [0.25, 0.3) is 0 Å². The highest BCUT2D eigenvalue weighted by Gasteiger charge is 2.30. The zero-order chi connectivity index (χ0) is 20.2. The molecule has 0 aliphatic carbocycles. The van der Waals surface area contributed by atoms with Gasteiger partial charge in [-0.25, -0.2) is 0 Å². The van der Waals surface area contributed by atoms with Crippen LogP contribution in [0.2, 0.25) is 0 Å². The molecule has 2 rings (SSSR count). The minimum atomic E-state index is -4.39. The quantitative estimate of drug-likeness (QED) is 0.596. The largest absolute Gasteiger partial charge is 0.416 e. The summed E-state index contributed by atoms with van der Waals surface area (Å²) in [5.41, 5.74) is 0.445. The molecule has 1 atom stereocenters. The molecule has 0 aromatic heterocycles. The van der Waals surface area contributed by atoms with Crippen molar-refractivity contribution in [1.29, 1.82) is 0 Å². The van der Waals surface area contributed by atoms with Gasteiger partial charge in [0.2, 0.25) is 0 Å². The van der Waals surface area contributed by atoms with Gasteiger partial charge >= 0.3 is 6.18 Å². The SMILES string of the molecule is Cc1cccc([N+](=O)[O-])c1NC(=O)C[NH+](C)Cc1ccc(C(F)(F)F)cc1. The highest BCUT2D eigenvalue weighted by atomic mass is 19.4. The maximum atomic E-state index is 12.6. The molecule has 1 amide bonds. The van der Waals surface area contributed by atoms with E-state index in [2.05, 4.69) is 5.32 Å². The summed E-state index contributed by atoms with van der Waals surface area (Å²) < 4.78 is 37.7. The molecular formula is C18H19F3N3O3+. The maximum absolute atomic E-state index is 12.6. The van der Waals surface area contributed by atoms with Crippen molar-refractivity contribution in [3.63, 3.8) is 0 Å². The molecule has 0 radical (unpaired) electrons. The third-order valence-corrected chi connectivity index (χ3v) is 3.96. The number of nitrogens with zero attached hydrogens (tertiary/aromatic N) is 1. The molecule has 9 heteroatoms. The Labute approximate surface area is 153 Å². The van der Waals surface area contributed by atoms with E-state index in [4.69, 9.17) is 0 Å². The van der Waals surface area contributed by atoms with E-state index in [-0.39, 0.29) is 17.9 Å². The molecule has 2 aromatic rings. The fraction of sp³-hybridized carbons (Fsp3) is 0.278. The summed E-state index contributed by atoms with van der Waals surface area (Å²) in [5, 5.41) is 13.6. The Morgan fingerprint density at radius 2 is 1.81 bits per heavy atom. The highest BCUT2D eigenvalue weighted by molar-refractivity contribution is 5.94. The number of rotatable bonds is 6. The molecule has 0 aliphatic rings. The number of hydrogen-bond donors (Lipinski definition) is 2. The van der Waals surface area contributed by atoms with E-state index in [0.717, 1.165) is 17.0 Å². The van der Waals surface area contributed by atoms with Crippen molar-refractivity contribution in [3.05, 3.63) is 69.3 Å². The Morgan fingerprint density at radius 3 is 2.37 bits per heavy atom. The fourth-order valence-electron chi connectivity index (χ4n) is 2.65. The maximum Gasteiger partial charge on any atom is 0.416 e. The minimum absolute atomic E-state index is 0.00646. The number of carbonyl (C=O) groups is 1. The number of alkyl halides is 3. The van der Waals surface area contributed by atoms with Crippen LogP contribution in [0.1, 0.15) is 16.7 Å². The lowest BCUT2D eigenvalue weighted by atomic mass is 10.1. The Bertz CT molecular complexity index is 836. The number of para-hydroxylation sites is 1. The van der Waals surface area contributed by atoms with E-state index in [0.29, 0.717) is 17.7 Å². The number of amides is 1. The Hall–Kier alpha value is -2.94.